The van der Waals surface area contributed by atoms with Gasteiger partial charge in [-0.25, -0.2) is 4.39 Å². The van der Waals surface area contributed by atoms with Gasteiger partial charge in [-0.2, -0.15) is 0 Å². The summed E-state index contributed by atoms with van der Waals surface area (Å²) in [6, 6.07) is 4.48. The van der Waals surface area contributed by atoms with Crippen LogP contribution in [0.2, 0.25) is 5.02 Å². The smallest absolute Gasteiger partial charge is 0.170 e. The molecule has 1 rings (SSSR count). The van der Waals surface area contributed by atoms with E-state index in [1.165, 1.54) is 69.9 Å². The van der Waals surface area contributed by atoms with E-state index in [0.29, 0.717) is 10.8 Å². The maximum atomic E-state index is 13.1. The highest BCUT2D eigenvalue weighted by atomic mass is 35.5. The van der Waals surface area contributed by atoms with E-state index < -0.39 is 5.82 Å². The summed E-state index contributed by atoms with van der Waals surface area (Å²) in [6.45, 7) is 3.11. The molecule has 0 unspecified atom stereocenters. The minimum atomic E-state index is -0.425. The molecule has 136 valence electrons. The highest BCUT2D eigenvalue weighted by Gasteiger charge is 2.02. The molecule has 0 heterocycles. The second kappa shape index (κ2) is 13.4. The van der Waals surface area contributed by atoms with Crippen LogP contribution >= 0.6 is 23.8 Å². The van der Waals surface area contributed by atoms with Crippen LogP contribution in [-0.2, 0) is 0 Å². The van der Waals surface area contributed by atoms with Crippen LogP contribution in [0.25, 0.3) is 0 Å². The number of hydrogen-bond donors (Lipinski definition) is 2. The van der Waals surface area contributed by atoms with E-state index in [-0.39, 0.29) is 5.02 Å². The molecule has 0 aliphatic carbocycles. The Balaban J connectivity index is 1.97. The third kappa shape index (κ3) is 10.1. The lowest BCUT2D eigenvalue weighted by Crippen LogP contribution is -2.29. The van der Waals surface area contributed by atoms with Crippen LogP contribution in [0.3, 0.4) is 0 Å². The monoisotopic (exact) mass is 372 g/mol. The molecule has 0 saturated carbocycles. The zero-order valence-electron chi connectivity index (χ0n) is 14.7. The Kier molecular flexibility index (Phi) is 11.8. The normalized spacial score (nSPS) is 10.6. The van der Waals surface area contributed by atoms with Crippen molar-refractivity contribution in [2.24, 2.45) is 0 Å². The van der Waals surface area contributed by atoms with E-state index in [4.69, 9.17) is 23.8 Å². The van der Waals surface area contributed by atoms with Crippen molar-refractivity contribution >= 4 is 34.6 Å². The van der Waals surface area contributed by atoms with Crippen LogP contribution in [0.15, 0.2) is 18.2 Å². The summed E-state index contributed by atoms with van der Waals surface area (Å²) in [4.78, 5) is 0. The third-order valence-corrected chi connectivity index (χ3v) is 4.53. The quantitative estimate of drug-likeness (QED) is 0.316. The Morgan fingerprint density at radius 1 is 1.00 bits per heavy atom. The van der Waals surface area contributed by atoms with E-state index >= 15 is 0 Å². The van der Waals surface area contributed by atoms with Gasteiger partial charge in [-0.15, -0.1) is 0 Å². The van der Waals surface area contributed by atoms with Crippen molar-refractivity contribution in [3.63, 3.8) is 0 Å². The second-order valence-electron chi connectivity index (χ2n) is 6.19. The van der Waals surface area contributed by atoms with E-state index in [0.717, 1.165) is 13.0 Å². The second-order valence-corrected chi connectivity index (χ2v) is 7.01. The van der Waals surface area contributed by atoms with Gasteiger partial charge in [0, 0.05) is 12.2 Å². The molecule has 0 aliphatic rings. The number of hydrogen-bond acceptors (Lipinski definition) is 1. The van der Waals surface area contributed by atoms with Gasteiger partial charge in [-0.05, 0) is 36.8 Å². The van der Waals surface area contributed by atoms with Crippen LogP contribution in [0.1, 0.15) is 71.1 Å². The van der Waals surface area contributed by atoms with Crippen LogP contribution in [0.4, 0.5) is 10.1 Å². The van der Waals surface area contributed by atoms with E-state index in [1.807, 2.05) is 0 Å². The van der Waals surface area contributed by atoms with Crippen molar-refractivity contribution in [3.8, 4) is 0 Å². The van der Waals surface area contributed by atoms with Gasteiger partial charge in [0.05, 0.1) is 5.02 Å². The Bertz CT molecular complexity index is 482. The lowest BCUT2D eigenvalue weighted by molar-refractivity contribution is 0.555. The average Bonchev–Trinajstić information content (AvgIpc) is 2.56. The third-order valence-electron chi connectivity index (χ3n) is 3.99. The highest BCUT2D eigenvalue weighted by molar-refractivity contribution is 7.80. The number of nitrogens with one attached hydrogen (secondary N) is 2. The minimum absolute atomic E-state index is 0.0949. The Hall–Kier alpha value is -0.870. The predicted octanol–water partition coefficient (Wildman–Crippen LogP) is 6.69. The summed E-state index contributed by atoms with van der Waals surface area (Å²) in [6.07, 6.45) is 13.2. The van der Waals surface area contributed by atoms with Gasteiger partial charge in [-0.3, -0.25) is 0 Å². The Morgan fingerprint density at radius 2 is 1.58 bits per heavy atom. The molecular formula is C19H30ClFN2S. The molecule has 0 fully saturated rings. The summed E-state index contributed by atoms with van der Waals surface area (Å²) in [7, 11) is 0. The molecule has 0 atom stereocenters. The number of anilines is 1. The fraction of sp³-hybridized carbons (Fsp3) is 0.632. The van der Waals surface area contributed by atoms with Crippen molar-refractivity contribution in [1.82, 2.24) is 5.32 Å². The topological polar surface area (TPSA) is 24.1 Å². The SMILES string of the molecule is CCCCCCCCCCCCNC(=S)Nc1ccc(F)c(Cl)c1. The summed E-state index contributed by atoms with van der Waals surface area (Å²) in [5, 5.41) is 6.83. The van der Waals surface area contributed by atoms with Crippen molar-refractivity contribution in [3.05, 3.63) is 29.0 Å². The molecule has 0 aromatic heterocycles. The van der Waals surface area contributed by atoms with Crippen molar-refractivity contribution in [2.45, 2.75) is 71.1 Å². The molecule has 0 bridgehead atoms. The van der Waals surface area contributed by atoms with Gasteiger partial charge in [0.2, 0.25) is 0 Å². The Labute approximate surface area is 156 Å². The molecule has 1 aromatic carbocycles. The molecule has 0 radical (unpaired) electrons. The largest absolute Gasteiger partial charge is 0.362 e. The summed E-state index contributed by atoms with van der Waals surface area (Å²) < 4.78 is 13.1. The number of thiocarbonyl (C=S) groups is 1. The van der Waals surface area contributed by atoms with Crippen LogP contribution in [0.5, 0.6) is 0 Å². The molecule has 0 amide bonds. The molecule has 1 aromatic rings. The number of unbranched alkanes of at least 4 members (excludes halogenated alkanes) is 9. The van der Waals surface area contributed by atoms with Crippen LogP contribution < -0.4 is 10.6 Å². The van der Waals surface area contributed by atoms with Gasteiger partial charge >= 0.3 is 0 Å². The fourth-order valence-corrected chi connectivity index (χ4v) is 2.96. The highest BCUT2D eigenvalue weighted by Crippen LogP contribution is 2.19. The van der Waals surface area contributed by atoms with Crippen molar-refractivity contribution in [1.29, 1.82) is 0 Å². The zero-order valence-corrected chi connectivity index (χ0v) is 16.2. The number of halogens is 2. The number of benzene rings is 1. The lowest BCUT2D eigenvalue weighted by atomic mass is 10.1. The Morgan fingerprint density at radius 3 is 2.17 bits per heavy atom. The van der Waals surface area contributed by atoms with E-state index in [1.54, 1.807) is 6.07 Å². The van der Waals surface area contributed by atoms with Gasteiger partial charge < -0.3 is 10.6 Å². The van der Waals surface area contributed by atoms with Crippen molar-refractivity contribution in [2.75, 3.05) is 11.9 Å². The van der Waals surface area contributed by atoms with Crippen LogP contribution in [-0.4, -0.2) is 11.7 Å². The first-order chi connectivity index (χ1) is 11.6. The maximum absolute atomic E-state index is 13.1. The average molecular weight is 373 g/mol. The first-order valence-corrected chi connectivity index (χ1v) is 9.92. The van der Waals surface area contributed by atoms with Gasteiger partial charge in [0.25, 0.3) is 0 Å². The number of rotatable bonds is 12. The molecule has 0 saturated heterocycles. The molecule has 24 heavy (non-hydrogen) atoms. The van der Waals surface area contributed by atoms with Crippen molar-refractivity contribution < 1.29 is 4.39 Å². The van der Waals surface area contributed by atoms with Gasteiger partial charge in [-0.1, -0.05) is 76.3 Å². The molecule has 5 heteroatoms. The minimum Gasteiger partial charge on any atom is -0.362 e. The molecule has 0 spiro atoms. The van der Waals surface area contributed by atoms with Gasteiger partial charge in [0.1, 0.15) is 5.82 Å². The molecular weight excluding hydrogens is 343 g/mol. The predicted molar refractivity (Wildman–Crippen MR) is 107 cm³/mol. The summed E-state index contributed by atoms with van der Waals surface area (Å²) in [5.74, 6) is -0.425. The first kappa shape index (κ1) is 21.2. The standard InChI is InChI=1S/C19H30ClFN2S/c1-2-3-4-5-6-7-8-9-10-11-14-22-19(24)23-16-12-13-18(21)17(20)15-16/h12-13,15H,2-11,14H2,1H3,(H2,22,23,24). The molecule has 2 N–H and O–H groups in total. The maximum Gasteiger partial charge on any atom is 0.170 e. The molecule has 2 nitrogen and oxygen atoms in total. The van der Waals surface area contributed by atoms with E-state index in [2.05, 4.69) is 17.6 Å². The van der Waals surface area contributed by atoms with Gasteiger partial charge in [0.15, 0.2) is 5.11 Å². The summed E-state index contributed by atoms with van der Waals surface area (Å²) >= 11 is 11.0. The fourth-order valence-electron chi connectivity index (χ4n) is 2.56. The summed E-state index contributed by atoms with van der Waals surface area (Å²) in [5.41, 5.74) is 0.696. The van der Waals surface area contributed by atoms with Crippen LogP contribution in [0, 0.1) is 5.82 Å². The molecule has 0 aliphatic heterocycles. The van der Waals surface area contributed by atoms with E-state index in [9.17, 15) is 4.39 Å². The zero-order chi connectivity index (χ0) is 17.6. The lowest BCUT2D eigenvalue weighted by Gasteiger charge is -2.11. The first-order valence-electron chi connectivity index (χ1n) is 9.13.